The molecule has 2 aromatic carbocycles. The van der Waals surface area contributed by atoms with Gasteiger partial charge in [0, 0.05) is 11.3 Å². The predicted molar refractivity (Wildman–Crippen MR) is 81.4 cm³/mol. The molecule has 0 saturated heterocycles. The molecule has 0 aliphatic rings. The van der Waals surface area contributed by atoms with Gasteiger partial charge in [0.25, 0.3) is 5.91 Å². The number of carbonyl (C=O) groups excluding carboxylic acids is 1. The average molecular weight is 291 g/mol. The summed E-state index contributed by atoms with van der Waals surface area (Å²) in [7, 11) is 0. The molecule has 0 aliphatic heterocycles. The first-order chi connectivity index (χ1) is 9.60. The average Bonchev–Trinajstić information content (AvgIpc) is 2.42. The number of anilines is 2. The van der Waals surface area contributed by atoms with Gasteiger partial charge < -0.3 is 15.8 Å². The Hall–Kier alpha value is -2.20. The summed E-state index contributed by atoms with van der Waals surface area (Å²) in [5.41, 5.74) is 7.18. The molecule has 0 spiro atoms. The Balaban J connectivity index is 2.17. The van der Waals surface area contributed by atoms with Crippen LogP contribution in [0.15, 0.2) is 42.5 Å². The molecule has 0 aliphatic carbocycles. The summed E-state index contributed by atoms with van der Waals surface area (Å²) in [4.78, 5) is 12.2. The number of amides is 1. The van der Waals surface area contributed by atoms with Gasteiger partial charge >= 0.3 is 0 Å². The summed E-state index contributed by atoms with van der Waals surface area (Å²) in [5, 5.41) is 3.14. The Labute approximate surface area is 122 Å². The molecule has 0 aromatic heterocycles. The van der Waals surface area contributed by atoms with E-state index in [4.69, 9.17) is 22.1 Å². The molecule has 0 heterocycles. The maximum atomic E-state index is 12.2. The zero-order chi connectivity index (χ0) is 14.5. The minimum Gasteiger partial charge on any atom is -0.494 e. The second-order valence-electron chi connectivity index (χ2n) is 4.15. The maximum Gasteiger partial charge on any atom is 0.255 e. The Kier molecular flexibility index (Phi) is 4.48. The van der Waals surface area contributed by atoms with Crippen LogP contribution in [0.4, 0.5) is 11.4 Å². The number of nitrogens with one attached hydrogen (secondary N) is 1. The summed E-state index contributed by atoms with van der Waals surface area (Å²) in [6.45, 7) is 2.44. The van der Waals surface area contributed by atoms with Crippen molar-refractivity contribution in [3.05, 3.63) is 53.1 Å². The van der Waals surface area contributed by atoms with Crippen LogP contribution >= 0.6 is 11.6 Å². The van der Waals surface area contributed by atoms with Crippen LogP contribution in [-0.4, -0.2) is 12.5 Å². The van der Waals surface area contributed by atoms with E-state index >= 15 is 0 Å². The van der Waals surface area contributed by atoms with Gasteiger partial charge in [0.05, 0.1) is 17.3 Å². The first kappa shape index (κ1) is 14.2. The lowest BCUT2D eigenvalue weighted by atomic mass is 10.2. The summed E-state index contributed by atoms with van der Waals surface area (Å²) < 4.78 is 5.36. The third-order valence-electron chi connectivity index (χ3n) is 2.65. The second kappa shape index (κ2) is 6.30. The molecule has 0 atom stereocenters. The molecule has 4 nitrogen and oxygen atoms in total. The van der Waals surface area contributed by atoms with Crippen molar-refractivity contribution in [2.24, 2.45) is 0 Å². The summed E-state index contributed by atoms with van der Waals surface area (Å²) in [6.07, 6.45) is 0. The van der Waals surface area contributed by atoms with Gasteiger partial charge in [0.2, 0.25) is 0 Å². The van der Waals surface area contributed by atoms with Crippen LogP contribution in [-0.2, 0) is 0 Å². The molecule has 20 heavy (non-hydrogen) atoms. The Morgan fingerprint density at radius 1 is 1.30 bits per heavy atom. The highest BCUT2D eigenvalue weighted by Crippen LogP contribution is 2.25. The van der Waals surface area contributed by atoms with E-state index < -0.39 is 0 Å². The van der Waals surface area contributed by atoms with E-state index in [0.29, 0.717) is 34.3 Å². The van der Waals surface area contributed by atoms with Gasteiger partial charge in [-0.1, -0.05) is 17.7 Å². The van der Waals surface area contributed by atoms with Crippen LogP contribution in [0.25, 0.3) is 0 Å². The Bertz CT molecular complexity index is 629. The van der Waals surface area contributed by atoms with Crippen LogP contribution in [0.5, 0.6) is 5.75 Å². The molecule has 2 rings (SSSR count). The van der Waals surface area contributed by atoms with Gasteiger partial charge in [-0.05, 0) is 43.3 Å². The normalized spacial score (nSPS) is 10.1. The number of nitrogen functional groups attached to an aromatic ring is 1. The van der Waals surface area contributed by atoms with Crippen LogP contribution in [0, 0.1) is 0 Å². The highest BCUT2D eigenvalue weighted by Gasteiger charge is 2.09. The third kappa shape index (κ3) is 3.42. The van der Waals surface area contributed by atoms with Crippen molar-refractivity contribution in [1.82, 2.24) is 0 Å². The summed E-state index contributed by atoms with van der Waals surface area (Å²) in [6, 6.07) is 11.9. The predicted octanol–water partition coefficient (Wildman–Crippen LogP) is 3.57. The van der Waals surface area contributed by atoms with Gasteiger partial charge in [0.15, 0.2) is 0 Å². The largest absolute Gasteiger partial charge is 0.494 e. The number of benzene rings is 2. The Morgan fingerprint density at radius 2 is 2.10 bits per heavy atom. The highest BCUT2D eigenvalue weighted by atomic mass is 35.5. The molecular formula is C15H15ClN2O2. The van der Waals surface area contributed by atoms with Crippen LogP contribution in [0.1, 0.15) is 17.3 Å². The highest BCUT2D eigenvalue weighted by molar-refractivity contribution is 6.34. The quantitative estimate of drug-likeness (QED) is 0.846. The molecular weight excluding hydrogens is 276 g/mol. The van der Waals surface area contributed by atoms with E-state index in [-0.39, 0.29) is 5.91 Å². The molecule has 0 bridgehead atoms. The van der Waals surface area contributed by atoms with Crippen molar-refractivity contribution in [3.63, 3.8) is 0 Å². The van der Waals surface area contributed by atoms with E-state index in [2.05, 4.69) is 5.32 Å². The first-order valence-electron chi connectivity index (χ1n) is 6.19. The number of nitrogens with two attached hydrogens (primary N) is 1. The van der Waals surface area contributed by atoms with Gasteiger partial charge in [0.1, 0.15) is 5.75 Å². The van der Waals surface area contributed by atoms with Crippen molar-refractivity contribution >= 4 is 28.9 Å². The van der Waals surface area contributed by atoms with Crippen molar-refractivity contribution in [2.45, 2.75) is 6.92 Å². The van der Waals surface area contributed by atoms with Crippen molar-refractivity contribution in [1.29, 1.82) is 0 Å². The Morgan fingerprint density at radius 3 is 2.80 bits per heavy atom. The van der Waals surface area contributed by atoms with Gasteiger partial charge in [-0.15, -0.1) is 0 Å². The molecule has 5 heteroatoms. The van der Waals surface area contributed by atoms with E-state index in [9.17, 15) is 4.79 Å². The first-order valence-corrected chi connectivity index (χ1v) is 6.57. The minimum atomic E-state index is -0.252. The number of ether oxygens (including phenoxy) is 1. The summed E-state index contributed by atoms with van der Waals surface area (Å²) in [5.74, 6) is 0.404. The van der Waals surface area contributed by atoms with E-state index in [1.165, 1.54) is 0 Å². The molecule has 3 N–H and O–H groups in total. The fourth-order valence-electron chi connectivity index (χ4n) is 1.72. The number of hydrogen-bond donors (Lipinski definition) is 2. The zero-order valence-corrected chi connectivity index (χ0v) is 11.8. The van der Waals surface area contributed by atoms with E-state index in [0.717, 1.165) is 0 Å². The van der Waals surface area contributed by atoms with Crippen LogP contribution < -0.4 is 15.8 Å². The topological polar surface area (TPSA) is 64.3 Å². The SMILES string of the molecule is CCOc1cccc(C(=O)Nc2ccc(N)cc2Cl)c1. The third-order valence-corrected chi connectivity index (χ3v) is 2.96. The van der Waals surface area contributed by atoms with Crippen molar-refractivity contribution < 1.29 is 9.53 Å². The number of halogens is 1. The standard InChI is InChI=1S/C15H15ClN2O2/c1-2-20-12-5-3-4-10(8-12)15(19)18-14-7-6-11(17)9-13(14)16/h3-9H,2,17H2,1H3,(H,18,19). The lowest BCUT2D eigenvalue weighted by molar-refractivity contribution is 0.102. The van der Waals surface area contributed by atoms with Crippen LogP contribution in [0.3, 0.4) is 0 Å². The van der Waals surface area contributed by atoms with Crippen molar-refractivity contribution in [2.75, 3.05) is 17.7 Å². The molecule has 0 unspecified atom stereocenters. The van der Waals surface area contributed by atoms with E-state index in [1.807, 2.05) is 6.92 Å². The summed E-state index contributed by atoms with van der Waals surface area (Å²) >= 11 is 6.02. The molecule has 0 saturated carbocycles. The lowest BCUT2D eigenvalue weighted by Gasteiger charge is -2.09. The molecule has 104 valence electrons. The van der Waals surface area contributed by atoms with Gasteiger partial charge in [-0.2, -0.15) is 0 Å². The fraction of sp³-hybridized carbons (Fsp3) is 0.133. The number of hydrogen-bond acceptors (Lipinski definition) is 3. The molecule has 1 amide bonds. The van der Waals surface area contributed by atoms with E-state index in [1.54, 1.807) is 42.5 Å². The number of rotatable bonds is 4. The second-order valence-corrected chi connectivity index (χ2v) is 4.56. The van der Waals surface area contributed by atoms with Crippen LogP contribution in [0.2, 0.25) is 5.02 Å². The molecule has 0 fully saturated rings. The van der Waals surface area contributed by atoms with Crippen molar-refractivity contribution in [3.8, 4) is 5.75 Å². The smallest absolute Gasteiger partial charge is 0.255 e. The fourth-order valence-corrected chi connectivity index (χ4v) is 1.96. The molecule has 2 aromatic rings. The minimum absolute atomic E-state index is 0.252. The van der Waals surface area contributed by atoms with Gasteiger partial charge in [-0.25, -0.2) is 0 Å². The lowest BCUT2D eigenvalue weighted by Crippen LogP contribution is -2.12. The molecule has 0 radical (unpaired) electrons. The number of carbonyl (C=O) groups is 1. The zero-order valence-electron chi connectivity index (χ0n) is 11.0. The monoisotopic (exact) mass is 290 g/mol. The van der Waals surface area contributed by atoms with Gasteiger partial charge in [-0.3, -0.25) is 4.79 Å². The maximum absolute atomic E-state index is 12.2.